The van der Waals surface area contributed by atoms with Gasteiger partial charge in [0, 0.05) is 13.7 Å². The second-order valence-corrected chi connectivity index (χ2v) is 3.51. The Hall–Kier alpha value is -0.0800. The fourth-order valence-corrected chi connectivity index (χ4v) is 1.28. The van der Waals surface area contributed by atoms with Crippen LogP contribution < -0.4 is 5.73 Å². The van der Waals surface area contributed by atoms with Gasteiger partial charge in [0.05, 0.1) is 0 Å². The van der Waals surface area contributed by atoms with Gasteiger partial charge >= 0.3 is 0 Å². The maximum absolute atomic E-state index is 5.68. The molecule has 0 aliphatic carbocycles. The average molecular weight is 159 g/mol. The molecule has 0 radical (unpaired) electrons. The van der Waals surface area contributed by atoms with Crippen LogP contribution in [-0.2, 0) is 4.74 Å². The van der Waals surface area contributed by atoms with E-state index >= 15 is 0 Å². The highest BCUT2D eigenvalue weighted by molar-refractivity contribution is 4.74. The van der Waals surface area contributed by atoms with Crippen LogP contribution in [0.3, 0.4) is 0 Å². The highest BCUT2D eigenvalue weighted by Gasteiger charge is 2.20. The van der Waals surface area contributed by atoms with Crippen LogP contribution in [0.5, 0.6) is 0 Å². The monoisotopic (exact) mass is 159 g/mol. The number of rotatable bonds is 6. The minimum atomic E-state index is 0.296. The van der Waals surface area contributed by atoms with E-state index in [2.05, 4.69) is 13.8 Å². The molecule has 0 aromatic heterocycles. The third kappa shape index (κ3) is 4.38. The molecule has 1 unspecified atom stereocenters. The van der Waals surface area contributed by atoms with Gasteiger partial charge in [-0.05, 0) is 24.8 Å². The zero-order valence-corrected chi connectivity index (χ0v) is 8.02. The fourth-order valence-electron chi connectivity index (χ4n) is 1.28. The Balaban J connectivity index is 3.68. The predicted molar refractivity (Wildman–Crippen MR) is 48.6 cm³/mol. The number of nitrogens with two attached hydrogens (primary N) is 1. The summed E-state index contributed by atoms with van der Waals surface area (Å²) >= 11 is 0. The van der Waals surface area contributed by atoms with Crippen LogP contribution in [0.4, 0.5) is 0 Å². The molecule has 0 aromatic rings. The summed E-state index contributed by atoms with van der Waals surface area (Å²) in [6.07, 6.45) is 3.48. The molecule has 1 atom stereocenters. The van der Waals surface area contributed by atoms with Gasteiger partial charge in [-0.25, -0.2) is 0 Å². The summed E-state index contributed by atoms with van der Waals surface area (Å²) < 4.78 is 5.03. The van der Waals surface area contributed by atoms with Gasteiger partial charge < -0.3 is 10.5 Å². The fraction of sp³-hybridized carbons (Fsp3) is 1.00. The number of hydrogen-bond donors (Lipinski definition) is 1. The summed E-state index contributed by atoms with van der Waals surface area (Å²) in [6.45, 7) is 6.02. The van der Waals surface area contributed by atoms with Crippen molar-refractivity contribution in [1.82, 2.24) is 0 Å². The van der Waals surface area contributed by atoms with Crippen molar-refractivity contribution in [3.63, 3.8) is 0 Å². The Labute approximate surface area is 70.1 Å². The lowest BCUT2D eigenvalue weighted by Crippen LogP contribution is -2.28. The van der Waals surface area contributed by atoms with Gasteiger partial charge in [0.15, 0.2) is 0 Å². The van der Waals surface area contributed by atoms with Crippen molar-refractivity contribution >= 4 is 0 Å². The Bertz CT molecular complexity index is 95.6. The lowest BCUT2D eigenvalue weighted by Gasteiger charge is -2.26. The van der Waals surface area contributed by atoms with Crippen molar-refractivity contribution in [1.29, 1.82) is 0 Å². The molecule has 0 aromatic carbocycles. The van der Waals surface area contributed by atoms with Crippen LogP contribution in [0, 0.1) is 5.41 Å². The van der Waals surface area contributed by atoms with Crippen LogP contribution in [0.25, 0.3) is 0 Å². The molecule has 2 heteroatoms. The third-order valence-corrected chi connectivity index (χ3v) is 2.26. The van der Waals surface area contributed by atoms with Crippen LogP contribution in [-0.4, -0.2) is 20.3 Å². The normalized spacial score (nSPS) is 16.4. The number of hydrogen-bond acceptors (Lipinski definition) is 2. The van der Waals surface area contributed by atoms with E-state index in [1.165, 1.54) is 12.8 Å². The summed E-state index contributed by atoms with van der Waals surface area (Å²) in [7, 11) is 1.74. The molecule has 68 valence electrons. The van der Waals surface area contributed by atoms with Gasteiger partial charge in [-0.15, -0.1) is 0 Å². The molecule has 0 aliphatic rings. The van der Waals surface area contributed by atoms with Gasteiger partial charge in [-0.2, -0.15) is 0 Å². The van der Waals surface area contributed by atoms with Gasteiger partial charge in [0.25, 0.3) is 0 Å². The Morgan fingerprint density at radius 3 is 2.36 bits per heavy atom. The summed E-state index contributed by atoms with van der Waals surface area (Å²) in [4.78, 5) is 0. The third-order valence-electron chi connectivity index (χ3n) is 2.26. The lowest BCUT2D eigenvalue weighted by molar-refractivity contribution is 0.141. The first-order chi connectivity index (χ1) is 5.18. The van der Waals surface area contributed by atoms with Gasteiger partial charge in [0.2, 0.25) is 0 Å². The van der Waals surface area contributed by atoms with E-state index in [1.54, 1.807) is 7.11 Å². The Kier molecular flexibility index (Phi) is 5.51. The first kappa shape index (κ1) is 10.9. The lowest BCUT2D eigenvalue weighted by atomic mass is 9.83. The van der Waals surface area contributed by atoms with E-state index in [0.717, 1.165) is 19.6 Å². The second-order valence-electron chi connectivity index (χ2n) is 3.51. The molecule has 11 heavy (non-hydrogen) atoms. The van der Waals surface area contributed by atoms with Gasteiger partial charge in [-0.1, -0.05) is 20.3 Å². The van der Waals surface area contributed by atoms with E-state index in [9.17, 15) is 0 Å². The first-order valence-corrected chi connectivity index (χ1v) is 4.37. The highest BCUT2D eigenvalue weighted by atomic mass is 16.5. The Morgan fingerprint density at radius 2 is 2.00 bits per heavy atom. The van der Waals surface area contributed by atoms with E-state index in [0.29, 0.717) is 5.41 Å². The molecule has 0 spiro atoms. The molecule has 0 fully saturated rings. The van der Waals surface area contributed by atoms with Crippen molar-refractivity contribution < 1.29 is 4.74 Å². The summed E-state index contributed by atoms with van der Waals surface area (Å²) in [5.41, 5.74) is 5.97. The quantitative estimate of drug-likeness (QED) is 0.641. The van der Waals surface area contributed by atoms with Crippen LogP contribution in [0.15, 0.2) is 0 Å². The van der Waals surface area contributed by atoms with Crippen molar-refractivity contribution in [2.45, 2.75) is 33.1 Å². The maximum Gasteiger partial charge on any atom is 0.0467 e. The Morgan fingerprint density at radius 1 is 1.36 bits per heavy atom. The highest BCUT2D eigenvalue weighted by Crippen LogP contribution is 2.25. The number of ether oxygens (including phenoxy) is 1. The second kappa shape index (κ2) is 5.56. The van der Waals surface area contributed by atoms with Crippen molar-refractivity contribution in [2.24, 2.45) is 11.1 Å². The largest absolute Gasteiger partial charge is 0.385 e. The van der Waals surface area contributed by atoms with Crippen LogP contribution in [0.2, 0.25) is 0 Å². The molecule has 0 amide bonds. The van der Waals surface area contributed by atoms with Crippen molar-refractivity contribution in [3.8, 4) is 0 Å². The SMILES string of the molecule is CCCC(C)(CN)CCOC. The van der Waals surface area contributed by atoms with Gasteiger partial charge in [-0.3, -0.25) is 0 Å². The van der Waals surface area contributed by atoms with E-state index < -0.39 is 0 Å². The van der Waals surface area contributed by atoms with Crippen LogP contribution in [0.1, 0.15) is 33.1 Å². The first-order valence-electron chi connectivity index (χ1n) is 4.37. The summed E-state index contributed by atoms with van der Waals surface area (Å²) in [6, 6.07) is 0. The number of methoxy groups -OCH3 is 1. The molecule has 0 rings (SSSR count). The smallest absolute Gasteiger partial charge is 0.0467 e. The topological polar surface area (TPSA) is 35.2 Å². The molecular formula is C9H21NO. The zero-order valence-electron chi connectivity index (χ0n) is 8.02. The average Bonchev–Trinajstić information content (AvgIpc) is 2.02. The van der Waals surface area contributed by atoms with E-state index in [-0.39, 0.29) is 0 Å². The molecule has 0 aliphatic heterocycles. The summed E-state index contributed by atoms with van der Waals surface area (Å²) in [5.74, 6) is 0. The molecule has 2 N–H and O–H groups in total. The summed E-state index contributed by atoms with van der Waals surface area (Å²) in [5, 5.41) is 0. The molecule has 0 heterocycles. The molecule has 2 nitrogen and oxygen atoms in total. The van der Waals surface area contributed by atoms with Gasteiger partial charge in [0.1, 0.15) is 0 Å². The van der Waals surface area contributed by atoms with Crippen LogP contribution >= 0.6 is 0 Å². The molecule has 0 bridgehead atoms. The molecule has 0 saturated heterocycles. The predicted octanol–water partition coefficient (Wildman–Crippen LogP) is 1.79. The van der Waals surface area contributed by atoms with E-state index in [4.69, 9.17) is 10.5 Å². The zero-order chi connectivity index (χ0) is 8.74. The minimum Gasteiger partial charge on any atom is -0.385 e. The standard InChI is InChI=1S/C9H21NO/c1-4-5-9(2,8-10)6-7-11-3/h4-8,10H2,1-3H3. The maximum atomic E-state index is 5.68. The van der Waals surface area contributed by atoms with E-state index in [1.807, 2.05) is 0 Å². The minimum absolute atomic E-state index is 0.296. The van der Waals surface area contributed by atoms with Crippen molar-refractivity contribution in [3.05, 3.63) is 0 Å². The molecular weight excluding hydrogens is 138 g/mol. The van der Waals surface area contributed by atoms with Crippen molar-refractivity contribution in [2.75, 3.05) is 20.3 Å². The molecule has 0 saturated carbocycles.